The number of likely N-dealkylation sites (tertiary alicyclic amines) is 1. The van der Waals surface area contributed by atoms with Gasteiger partial charge >= 0.3 is 0 Å². The summed E-state index contributed by atoms with van der Waals surface area (Å²) in [5.74, 6) is -0.653. The van der Waals surface area contributed by atoms with Crippen molar-refractivity contribution in [3.05, 3.63) is 29.3 Å². The fourth-order valence-corrected chi connectivity index (χ4v) is 5.47. The number of carbonyl (C=O) groups excluding carboxylic acids is 2. The standard InChI is InChI=1S/C17H21N3O4S.ClH/c1-18-12-3-2-8-19(10-12)16(21)11-4-7-14-15(9-11)25(23,24)20(17(14)22)13-5-6-13;/h4,7,9,12-13,18H,2-3,5-6,8,10H2,1H3;1H. The molecule has 26 heavy (non-hydrogen) atoms. The lowest BCUT2D eigenvalue weighted by atomic mass is 10.0. The van der Waals surface area contributed by atoms with Gasteiger partial charge in [-0.15, -0.1) is 12.4 Å². The zero-order valence-corrected chi connectivity index (χ0v) is 16.1. The maximum Gasteiger partial charge on any atom is 0.269 e. The van der Waals surface area contributed by atoms with Gasteiger partial charge in [0.2, 0.25) is 0 Å². The molecule has 1 unspecified atom stereocenters. The van der Waals surface area contributed by atoms with Crippen molar-refractivity contribution < 1.29 is 18.0 Å². The van der Waals surface area contributed by atoms with E-state index in [0.29, 0.717) is 31.5 Å². The zero-order chi connectivity index (χ0) is 17.8. The average Bonchev–Trinajstić information content (AvgIpc) is 3.42. The summed E-state index contributed by atoms with van der Waals surface area (Å²) in [7, 11) is -1.96. The van der Waals surface area contributed by atoms with E-state index >= 15 is 0 Å². The molecule has 1 aromatic carbocycles. The number of nitrogens with zero attached hydrogens (tertiary/aromatic N) is 2. The minimum atomic E-state index is -3.83. The van der Waals surface area contributed by atoms with E-state index in [1.165, 1.54) is 12.1 Å². The van der Waals surface area contributed by atoms with E-state index in [4.69, 9.17) is 0 Å². The first-order chi connectivity index (χ1) is 11.9. The van der Waals surface area contributed by atoms with Gasteiger partial charge in [-0.25, -0.2) is 12.7 Å². The van der Waals surface area contributed by atoms with E-state index in [1.54, 1.807) is 11.0 Å². The van der Waals surface area contributed by atoms with Crippen LogP contribution in [0.1, 0.15) is 46.4 Å². The normalized spacial score (nSPS) is 24.2. The summed E-state index contributed by atoms with van der Waals surface area (Å²) < 4.78 is 26.4. The number of nitrogens with one attached hydrogen (secondary N) is 1. The van der Waals surface area contributed by atoms with Crippen LogP contribution < -0.4 is 5.32 Å². The van der Waals surface area contributed by atoms with Crippen LogP contribution in [0.3, 0.4) is 0 Å². The minimum absolute atomic E-state index is 0. The van der Waals surface area contributed by atoms with Crippen molar-refractivity contribution >= 4 is 34.2 Å². The molecule has 1 N–H and O–H groups in total. The lowest BCUT2D eigenvalue weighted by molar-refractivity contribution is 0.0697. The second-order valence-corrected chi connectivity index (χ2v) is 8.71. The second kappa shape index (κ2) is 6.83. The number of hydrogen-bond acceptors (Lipinski definition) is 5. The van der Waals surface area contributed by atoms with Crippen LogP contribution in [0.15, 0.2) is 23.1 Å². The predicted octanol–water partition coefficient (Wildman–Crippen LogP) is 1.24. The number of halogens is 1. The number of benzene rings is 1. The van der Waals surface area contributed by atoms with E-state index < -0.39 is 15.9 Å². The van der Waals surface area contributed by atoms with Crippen molar-refractivity contribution in [2.45, 2.75) is 42.7 Å². The molecule has 0 bridgehead atoms. The van der Waals surface area contributed by atoms with Crippen LogP contribution in [0.25, 0.3) is 0 Å². The highest BCUT2D eigenvalue weighted by atomic mass is 35.5. The topological polar surface area (TPSA) is 86.8 Å². The molecule has 142 valence electrons. The Labute approximate surface area is 159 Å². The molecule has 3 aliphatic rings. The molecular formula is C17H22ClN3O4S. The Morgan fingerprint density at radius 1 is 1.23 bits per heavy atom. The monoisotopic (exact) mass is 399 g/mol. The summed E-state index contributed by atoms with van der Waals surface area (Å²) in [4.78, 5) is 26.9. The Morgan fingerprint density at radius 2 is 1.96 bits per heavy atom. The Balaban J connectivity index is 0.00000196. The summed E-state index contributed by atoms with van der Waals surface area (Å²) in [6, 6.07) is 4.44. The number of amides is 2. The molecule has 1 aliphatic carbocycles. The first-order valence-electron chi connectivity index (χ1n) is 8.63. The lowest BCUT2D eigenvalue weighted by Gasteiger charge is -2.32. The van der Waals surface area contributed by atoms with Gasteiger partial charge in [0, 0.05) is 30.7 Å². The summed E-state index contributed by atoms with van der Waals surface area (Å²) in [5.41, 5.74) is 0.500. The van der Waals surface area contributed by atoms with Crippen molar-refractivity contribution in [1.29, 1.82) is 0 Å². The highest BCUT2D eigenvalue weighted by Crippen LogP contribution is 2.39. The molecule has 1 saturated heterocycles. The van der Waals surface area contributed by atoms with Crippen molar-refractivity contribution in [2.24, 2.45) is 0 Å². The molecule has 9 heteroatoms. The van der Waals surface area contributed by atoms with E-state index in [-0.39, 0.29) is 40.9 Å². The van der Waals surface area contributed by atoms with Gasteiger partial charge in [-0.2, -0.15) is 0 Å². The van der Waals surface area contributed by atoms with E-state index in [2.05, 4.69) is 5.32 Å². The predicted molar refractivity (Wildman–Crippen MR) is 98.1 cm³/mol. The van der Waals surface area contributed by atoms with Crippen molar-refractivity contribution in [3.8, 4) is 0 Å². The SMILES string of the molecule is CNC1CCCN(C(=O)c2ccc3c(c2)S(=O)(=O)N(C2CC2)C3=O)C1.Cl. The van der Waals surface area contributed by atoms with Gasteiger partial charge in [0.25, 0.3) is 21.8 Å². The van der Waals surface area contributed by atoms with E-state index in [9.17, 15) is 18.0 Å². The van der Waals surface area contributed by atoms with Crippen LogP contribution in [0, 0.1) is 0 Å². The smallest absolute Gasteiger partial charge is 0.269 e. The van der Waals surface area contributed by atoms with Gasteiger partial charge in [-0.1, -0.05) is 0 Å². The Hall–Kier alpha value is -1.64. The van der Waals surface area contributed by atoms with Gasteiger partial charge in [-0.05, 0) is 50.9 Å². The number of fused-ring (bicyclic) bond motifs is 1. The maximum atomic E-state index is 12.8. The van der Waals surface area contributed by atoms with Crippen LogP contribution in [0.5, 0.6) is 0 Å². The fourth-order valence-electron chi connectivity index (χ4n) is 3.63. The van der Waals surface area contributed by atoms with Crippen molar-refractivity contribution in [3.63, 3.8) is 0 Å². The van der Waals surface area contributed by atoms with E-state index in [1.807, 2.05) is 7.05 Å². The summed E-state index contributed by atoms with van der Waals surface area (Å²) in [6.45, 7) is 1.26. The molecule has 7 nitrogen and oxygen atoms in total. The van der Waals surface area contributed by atoms with Gasteiger partial charge in [0.05, 0.1) is 5.56 Å². The molecule has 0 spiro atoms. The fraction of sp³-hybridized carbons (Fsp3) is 0.529. The molecule has 2 aliphatic heterocycles. The van der Waals surface area contributed by atoms with Crippen LogP contribution >= 0.6 is 12.4 Å². The first-order valence-corrected chi connectivity index (χ1v) is 10.1. The first kappa shape index (κ1) is 19.1. The summed E-state index contributed by atoms with van der Waals surface area (Å²) in [5, 5.41) is 3.18. The maximum absolute atomic E-state index is 12.8. The molecule has 0 aromatic heterocycles. The lowest BCUT2D eigenvalue weighted by Crippen LogP contribution is -2.47. The average molecular weight is 400 g/mol. The molecule has 2 heterocycles. The number of likely N-dealkylation sites (N-methyl/N-ethyl adjacent to an activating group) is 1. The number of rotatable bonds is 3. The third-order valence-electron chi connectivity index (χ3n) is 5.19. The van der Waals surface area contributed by atoms with Gasteiger partial charge in [0.1, 0.15) is 4.90 Å². The minimum Gasteiger partial charge on any atom is -0.337 e. The molecule has 1 atom stereocenters. The number of hydrogen-bond donors (Lipinski definition) is 1. The second-order valence-electron chi connectivity index (χ2n) is 6.93. The van der Waals surface area contributed by atoms with Crippen LogP contribution in [0.4, 0.5) is 0 Å². The Morgan fingerprint density at radius 3 is 2.62 bits per heavy atom. The number of sulfonamides is 1. The molecule has 0 radical (unpaired) electrons. The van der Waals surface area contributed by atoms with Crippen LogP contribution in [0.2, 0.25) is 0 Å². The Bertz CT molecular complexity index is 854. The quantitative estimate of drug-likeness (QED) is 0.826. The van der Waals surface area contributed by atoms with Crippen LogP contribution in [-0.2, 0) is 10.0 Å². The Kier molecular flexibility index (Phi) is 5.02. The molecule has 1 saturated carbocycles. The molecular weight excluding hydrogens is 378 g/mol. The molecule has 1 aromatic rings. The highest BCUT2D eigenvalue weighted by molar-refractivity contribution is 7.90. The molecule has 2 fully saturated rings. The van der Waals surface area contributed by atoms with Gasteiger partial charge in [-0.3, -0.25) is 9.59 Å². The summed E-state index contributed by atoms with van der Waals surface area (Å²) in [6.07, 6.45) is 3.35. The van der Waals surface area contributed by atoms with Crippen LogP contribution in [-0.4, -0.2) is 61.7 Å². The highest BCUT2D eigenvalue weighted by Gasteiger charge is 2.48. The van der Waals surface area contributed by atoms with Gasteiger partial charge in [0.15, 0.2) is 0 Å². The van der Waals surface area contributed by atoms with E-state index in [0.717, 1.165) is 17.1 Å². The number of piperidine rings is 1. The van der Waals surface area contributed by atoms with Crippen molar-refractivity contribution in [1.82, 2.24) is 14.5 Å². The molecule has 2 amide bonds. The third-order valence-corrected chi connectivity index (χ3v) is 7.07. The summed E-state index contributed by atoms with van der Waals surface area (Å²) >= 11 is 0. The zero-order valence-electron chi connectivity index (χ0n) is 14.5. The molecule has 4 rings (SSSR count). The van der Waals surface area contributed by atoms with Crippen molar-refractivity contribution in [2.75, 3.05) is 20.1 Å². The van der Waals surface area contributed by atoms with Gasteiger partial charge < -0.3 is 10.2 Å². The largest absolute Gasteiger partial charge is 0.337 e. The number of carbonyl (C=O) groups is 2. The third kappa shape index (κ3) is 3.00.